The number of aromatic amines is 1. The van der Waals surface area contributed by atoms with E-state index in [1.807, 2.05) is 61.7 Å². The smallest absolute Gasteiger partial charge is 0.0613 e. The molecule has 3 aromatic rings. The number of benzene rings is 2. The van der Waals surface area contributed by atoms with Gasteiger partial charge in [-0.05, 0) is 36.3 Å². The standard InChI is InChI=1S/C25H22N2/c1-4-20(5-2)25(21(6-3)16-15-19-11-8-7-9-12-19)27-24-14-10-13-23-22(24)17-18-26-23/h1,5-18,26-27H,2H2,3H3/b16-15+,21-6+,25-20+. The van der Waals surface area contributed by atoms with Gasteiger partial charge in [0.1, 0.15) is 0 Å². The van der Waals surface area contributed by atoms with E-state index >= 15 is 0 Å². The maximum atomic E-state index is 5.75. The van der Waals surface area contributed by atoms with E-state index in [0.717, 1.165) is 33.4 Å². The Morgan fingerprint density at radius 2 is 1.93 bits per heavy atom. The number of terminal acetylenes is 1. The topological polar surface area (TPSA) is 27.8 Å². The first-order chi connectivity index (χ1) is 13.3. The van der Waals surface area contributed by atoms with Crippen LogP contribution in [0.5, 0.6) is 0 Å². The van der Waals surface area contributed by atoms with Crippen molar-refractivity contribution in [3.8, 4) is 12.3 Å². The van der Waals surface area contributed by atoms with Gasteiger partial charge in [-0.3, -0.25) is 0 Å². The Labute approximate surface area is 160 Å². The molecular formula is C25H22N2. The zero-order valence-electron chi connectivity index (χ0n) is 15.4. The van der Waals surface area contributed by atoms with E-state index in [1.165, 1.54) is 0 Å². The number of hydrogen-bond donors (Lipinski definition) is 2. The third-order valence-electron chi connectivity index (χ3n) is 4.34. The number of allylic oxidation sites excluding steroid dienone is 4. The molecule has 0 aliphatic heterocycles. The molecule has 27 heavy (non-hydrogen) atoms. The molecule has 0 atom stereocenters. The Morgan fingerprint density at radius 1 is 1.11 bits per heavy atom. The minimum Gasteiger partial charge on any atom is -0.361 e. The van der Waals surface area contributed by atoms with Gasteiger partial charge in [0.25, 0.3) is 0 Å². The molecule has 0 saturated carbocycles. The van der Waals surface area contributed by atoms with E-state index in [4.69, 9.17) is 6.42 Å². The summed E-state index contributed by atoms with van der Waals surface area (Å²) in [6.07, 6.45) is 15.6. The Bertz CT molecular complexity index is 1070. The van der Waals surface area contributed by atoms with E-state index in [2.05, 4.69) is 47.1 Å². The fraction of sp³-hybridized carbons (Fsp3) is 0.0400. The van der Waals surface area contributed by atoms with Crippen molar-refractivity contribution in [1.82, 2.24) is 4.98 Å². The first-order valence-corrected chi connectivity index (χ1v) is 8.83. The maximum absolute atomic E-state index is 5.75. The molecule has 2 N–H and O–H groups in total. The van der Waals surface area contributed by atoms with Crippen molar-refractivity contribution in [1.29, 1.82) is 0 Å². The van der Waals surface area contributed by atoms with Gasteiger partial charge in [0.2, 0.25) is 0 Å². The van der Waals surface area contributed by atoms with Crippen LogP contribution in [-0.2, 0) is 0 Å². The van der Waals surface area contributed by atoms with Gasteiger partial charge in [0.15, 0.2) is 0 Å². The predicted molar refractivity (Wildman–Crippen MR) is 117 cm³/mol. The number of nitrogens with one attached hydrogen (secondary N) is 2. The molecule has 2 heteroatoms. The number of anilines is 1. The first kappa shape index (κ1) is 18.1. The largest absolute Gasteiger partial charge is 0.361 e. The van der Waals surface area contributed by atoms with Crippen LogP contribution >= 0.6 is 0 Å². The number of H-pyrrole nitrogens is 1. The summed E-state index contributed by atoms with van der Waals surface area (Å²) < 4.78 is 0. The summed E-state index contributed by atoms with van der Waals surface area (Å²) in [4.78, 5) is 3.24. The monoisotopic (exact) mass is 350 g/mol. The molecule has 0 unspecified atom stereocenters. The molecule has 0 fully saturated rings. The summed E-state index contributed by atoms with van der Waals surface area (Å²) in [7, 11) is 0. The van der Waals surface area contributed by atoms with Crippen molar-refractivity contribution in [2.75, 3.05) is 5.32 Å². The fourth-order valence-electron chi connectivity index (χ4n) is 2.93. The average Bonchev–Trinajstić information content (AvgIpc) is 3.20. The number of aromatic nitrogens is 1. The molecule has 0 bridgehead atoms. The normalized spacial score (nSPS) is 12.7. The molecule has 132 valence electrons. The van der Waals surface area contributed by atoms with Gasteiger partial charge >= 0.3 is 0 Å². The van der Waals surface area contributed by atoms with Gasteiger partial charge in [-0.25, -0.2) is 0 Å². The van der Waals surface area contributed by atoms with Gasteiger partial charge in [-0.15, -0.1) is 6.42 Å². The highest BCUT2D eigenvalue weighted by atomic mass is 14.9. The second-order valence-electron chi connectivity index (χ2n) is 5.99. The lowest BCUT2D eigenvalue weighted by Gasteiger charge is -2.15. The van der Waals surface area contributed by atoms with Gasteiger partial charge in [0.05, 0.1) is 5.70 Å². The van der Waals surface area contributed by atoms with Crippen LogP contribution in [0.2, 0.25) is 0 Å². The molecule has 2 aromatic carbocycles. The third-order valence-corrected chi connectivity index (χ3v) is 4.34. The van der Waals surface area contributed by atoms with E-state index in [0.29, 0.717) is 5.57 Å². The molecule has 3 rings (SSSR count). The van der Waals surface area contributed by atoms with Crippen LogP contribution < -0.4 is 5.32 Å². The zero-order chi connectivity index (χ0) is 19.1. The lowest BCUT2D eigenvalue weighted by molar-refractivity contribution is 1.37. The van der Waals surface area contributed by atoms with Crippen LogP contribution in [0, 0.1) is 12.3 Å². The summed E-state index contributed by atoms with van der Waals surface area (Å²) in [5.41, 5.74) is 5.76. The molecule has 1 heterocycles. The van der Waals surface area contributed by atoms with Crippen molar-refractivity contribution in [2.24, 2.45) is 0 Å². The summed E-state index contributed by atoms with van der Waals surface area (Å²) >= 11 is 0. The zero-order valence-corrected chi connectivity index (χ0v) is 15.4. The lowest BCUT2D eigenvalue weighted by atomic mass is 10.0. The van der Waals surface area contributed by atoms with Crippen LogP contribution in [0.3, 0.4) is 0 Å². The van der Waals surface area contributed by atoms with E-state index in [9.17, 15) is 0 Å². The summed E-state index contributed by atoms with van der Waals surface area (Å²) in [5, 5.41) is 4.63. The van der Waals surface area contributed by atoms with Gasteiger partial charge in [-0.2, -0.15) is 0 Å². The van der Waals surface area contributed by atoms with E-state index in [1.54, 1.807) is 6.08 Å². The van der Waals surface area contributed by atoms with Crippen LogP contribution in [-0.4, -0.2) is 4.98 Å². The second kappa shape index (κ2) is 8.60. The molecule has 0 aliphatic rings. The molecule has 0 amide bonds. The molecule has 0 spiro atoms. The average molecular weight is 350 g/mol. The molecule has 0 saturated heterocycles. The minimum absolute atomic E-state index is 0.716. The van der Waals surface area contributed by atoms with Crippen molar-refractivity contribution in [3.05, 3.63) is 108 Å². The molecule has 0 aliphatic carbocycles. The quantitative estimate of drug-likeness (QED) is 0.395. The molecule has 1 aromatic heterocycles. The Balaban J connectivity index is 2.02. The van der Waals surface area contributed by atoms with Crippen LogP contribution in [0.25, 0.3) is 17.0 Å². The predicted octanol–water partition coefficient (Wildman–Crippen LogP) is 6.31. The van der Waals surface area contributed by atoms with Crippen LogP contribution in [0.1, 0.15) is 12.5 Å². The van der Waals surface area contributed by atoms with E-state index in [-0.39, 0.29) is 0 Å². The SMILES string of the molecule is C#C/C(C=C)=C(Nc1cccc2[nH]ccc12)/C(/C=C/c1ccccc1)=C/C. The second-order valence-corrected chi connectivity index (χ2v) is 5.99. The van der Waals surface area contributed by atoms with Crippen molar-refractivity contribution in [2.45, 2.75) is 6.92 Å². The molecule has 2 nitrogen and oxygen atoms in total. The lowest BCUT2D eigenvalue weighted by Crippen LogP contribution is -2.05. The minimum atomic E-state index is 0.716. The first-order valence-electron chi connectivity index (χ1n) is 8.83. The van der Waals surface area contributed by atoms with Crippen LogP contribution in [0.4, 0.5) is 5.69 Å². The highest BCUT2D eigenvalue weighted by Gasteiger charge is 2.10. The van der Waals surface area contributed by atoms with Crippen molar-refractivity contribution >= 4 is 22.7 Å². The molecule has 0 radical (unpaired) electrons. The van der Waals surface area contributed by atoms with Crippen LogP contribution in [0.15, 0.2) is 102 Å². The van der Waals surface area contributed by atoms with Gasteiger partial charge in [0, 0.05) is 28.4 Å². The Kier molecular flexibility index (Phi) is 5.77. The van der Waals surface area contributed by atoms with E-state index < -0.39 is 0 Å². The highest BCUT2D eigenvalue weighted by molar-refractivity contribution is 5.93. The summed E-state index contributed by atoms with van der Waals surface area (Å²) in [6, 6.07) is 18.3. The Hall–Kier alpha value is -3.70. The number of rotatable bonds is 6. The number of hydrogen-bond acceptors (Lipinski definition) is 1. The Morgan fingerprint density at radius 3 is 2.63 bits per heavy atom. The van der Waals surface area contributed by atoms with Gasteiger partial charge in [-0.1, -0.05) is 73.2 Å². The van der Waals surface area contributed by atoms with Crippen molar-refractivity contribution in [3.63, 3.8) is 0 Å². The summed E-state index contributed by atoms with van der Waals surface area (Å²) in [5.74, 6) is 2.74. The number of fused-ring (bicyclic) bond motifs is 1. The maximum Gasteiger partial charge on any atom is 0.0613 e. The highest BCUT2D eigenvalue weighted by Crippen LogP contribution is 2.27. The molecular weight excluding hydrogens is 328 g/mol. The van der Waals surface area contributed by atoms with Gasteiger partial charge < -0.3 is 10.3 Å². The van der Waals surface area contributed by atoms with Crippen molar-refractivity contribution < 1.29 is 0 Å². The summed E-state index contributed by atoms with van der Waals surface area (Å²) in [6.45, 7) is 5.88. The third kappa shape index (κ3) is 4.11. The fourth-order valence-corrected chi connectivity index (χ4v) is 2.93.